The van der Waals surface area contributed by atoms with Gasteiger partial charge < -0.3 is 15.0 Å². The summed E-state index contributed by atoms with van der Waals surface area (Å²) in [6.45, 7) is 2.06. The Morgan fingerprint density at radius 2 is 1.80 bits per heavy atom. The number of halogens is 2. The maximum absolute atomic E-state index is 12.5. The molecule has 1 aromatic heterocycles. The molecule has 2 aromatic rings. The molecule has 0 unspecified atom stereocenters. The number of hydrogen-bond acceptors (Lipinski definition) is 4. The fraction of sp³-hybridized carbons (Fsp3) is 0.235. The Labute approximate surface area is 154 Å². The van der Waals surface area contributed by atoms with Crippen LogP contribution >= 0.6 is 23.2 Å². The summed E-state index contributed by atoms with van der Waals surface area (Å²) in [5.41, 5.74) is 1.01. The first-order chi connectivity index (χ1) is 12.0. The van der Waals surface area contributed by atoms with Gasteiger partial charge in [-0.05, 0) is 24.3 Å². The number of pyridine rings is 1. The topological polar surface area (TPSA) is 71.5 Å². The van der Waals surface area contributed by atoms with Crippen molar-refractivity contribution in [2.24, 2.45) is 0 Å². The van der Waals surface area contributed by atoms with Gasteiger partial charge in [-0.25, -0.2) is 0 Å². The molecule has 3 rings (SSSR count). The van der Waals surface area contributed by atoms with Crippen molar-refractivity contribution in [2.45, 2.75) is 0 Å². The van der Waals surface area contributed by atoms with Crippen LogP contribution in [0.15, 0.2) is 36.7 Å². The van der Waals surface area contributed by atoms with Crippen molar-refractivity contribution < 1.29 is 14.3 Å². The van der Waals surface area contributed by atoms with Gasteiger partial charge in [0.05, 0.1) is 35.1 Å². The van der Waals surface area contributed by atoms with Crippen LogP contribution < -0.4 is 5.32 Å². The smallest absolute Gasteiger partial charge is 0.257 e. The van der Waals surface area contributed by atoms with Gasteiger partial charge in [-0.2, -0.15) is 0 Å². The minimum atomic E-state index is -0.423. The molecule has 130 valence electrons. The standard InChI is InChI=1S/C17H15Cl2N3O3/c18-13-1-2-14(19)15(8-13)21-16(23)11-7-12(10-20-9-11)17(24)22-3-5-25-6-4-22/h1-2,7-10H,3-6H2,(H,21,23). The molecule has 0 saturated carbocycles. The van der Waals surface area contributed by atoms with Gasteiger partial charge in [0, 0.05) is 30.5 Å². The van der Waals surface area contributed by atoms with Crippen LogP contribution in [-0.2, 0) is 4.74 Å². The van der Waals surface area contributed by atoms with Crippen molar-refractivity contribution in [3.05, 3.63) is 57.8 Å². The lowest BCUT2D eigenvalue weighted by Gasteiger charge is -2.26. The van der Waals surface area contributed by atoms with Crippen molar-refractivity contribution in [1.29, 1.82) is 0 Å². The van der Waals surface area contributed by atoms with Gasteiger partial charge in [-0.1, -0.05) is 23.2 Å². The number of carbonyl (C=O) groups is 2. The van der Waals surface area contributed by atoms with Crippen molar-refractivity contribution in [3.8, 4) is 0 Å². The quantitative estimate of drug-likeness (QED) is 0.888. The van der Waals surface area contributed by atoms with Crippen LogP contribution in [0.1, 0.15) is 20.7 Å². The minimum Gasteiger partial charge on any atom is -0.378 e. The van der Waals surface area contributed by atoms with Crippen LogP contribution in [0.25, 0.3) is 0 Å². The molecule has 2 amide bonds. The normalized spacial score (nSPS) is 14.2. The lowest BCUT2D eigenvalue weighted by Crippen LogP contribution is -2.40. The van der Waals surface area contributed by atoms with Gasteiger partial charge in [-0.3, -0.25) is 14.6 Å². The number of nitrogens with one attached hydrogen (secondary N) is 1. The van der Waals surface area contributed by atoms with Gasteiger partial charge in [0.1, 0.15) is 0 Å². The Morgan fingerprint density at radius 1 is 1.08 bits per heavy atom. The number of rotatable bonds is 3. The van der Waals surface area contributed by atoms with Crippen molar-refractivity contribution >= 4 is 40.7 Å². The van der Waals surface area contributed by atoms with E-state index in [1.54, 1.807) is 23.1 Å². The highest BCUT2D eigenvalue weighted by molar-refractivity contribution is 6.35. The Kier molecular flexibility index (Phi) is 5.53. The third-order valence-corrected chi connectivity index (χ3v) is 4.29. The van der Waals surface area contributed by atoms with E-state index in [1.165, 1.54) is 18.5 Å². The first-order valence-electron chi connectivity index (χ1n) is 7.63. The molecule has 1 aliphatic rings. The molecule has 1 N–H and O–H groups in total. The Hall–Kier alpha value is -2.15. The molecule has 1 aliphatic heterocycles. The second-order valence-corrected chi connectivity index (χ2v) is 6.29. The highest BCUT2D eigenvalue weighted by Crippen LogP contribution is 2.26. The molecule has 25 heavy (non-hydrogen) atoms. The maximum Gasteiger partial charge on any atom is 0.257 e. The van der Waals surface area contributed by atoms with Gasteiger partial charge in [-0.15, -0.1) is 0 Å². The number of nitrogens with zero attached hydrogens (tertiary/aromatic N) is 2. The zero-order valence-corrected chi connectivity index (χ0v) is 14.7. The molecular weight excluding hydrogens is 365 g/mol. The van der Waals surface area contributed by atoms with E-state index in [9.17, 15) is 9.59 Å². The second-order valence-electron chi connectivity index (χ2n) is 5.45. The zero-order valence-electron chi connectivity index (χ0n) is 13.2. The number of hydrogen-bond donors (Lipinski definition) is 1. The van der Waals surface area contributed by atoms with Gasteiger partial charge in [0.15, 0.2) is 0 Å². The van der Waals surface area contributed by atoms with Crippen LogP contribution in [0.5, 0.6) is 0 Å². The highest BCUT2D eigenvalue weighted by atomic mass is 35.5. The number of aromatic nitrogens is 1. The van der Waals surface area contributed by atoms with Crippen LogP contribution in [0.4, 0.5) is 5.69 Å². The number of carbonyl (C=O) groups excluding carboxylic acids is 2. The summed E-state index contributed by atoms with van der Waals surface area (Å²) in [5.74, 6) is -0.598. The molecule has 0 aliphatic carbocycles. The molecule has 0 spiro atoms. The average molecular weight is 380 g/mol. The first-order valence-corrected chi connectivity index (χ1v) is 8.38. The number of ether oxygens (including phenoxy) is 1. The predicted molar refractivity (Wildman–Crippen MR) is 95.4 cm³/mol. The third-order valence-electron chi connectivity index (χ3n) is 3.72. The predicted octanol–water partition coefficient (Wildman–Crippen LogP) is 3.11. The largest absolute Gasteiger partial charge is 0.378 e. The number of amides is 2. The summed E-state index contributed by atoms with van der Waals surface area (Å²) in [5, 5.41) is 3.49. The molecule has 0 atom stereocenters. The fourth-order valence-corrected chi connectivity index (χ4v) is 2.75. The van der Waals surface area contributed by atoms with Crippen LogP contribution in [0.3, 0.4) is 0 Å². The molecule has 6 nitrogen and oxygen atoms in total. The number of morpholine rings is 1. The lowest BCUT2D eigenvalue weighted by atomic mass is 10.1. The van der Waals surface area contributed by atoms with E-state index < -0.39 is 5.91 Å². The highest BCUT2D eigenvalue weighted by Gasteiger charge is 2.20. The summed E-state index contributed by atoms with van der Waals surface area (Å²) in [4.78, 5) is 30.6. The SMILES string of the molecule is O=C(Nc1cc(Cl)ccc1Cl)c1cncc(C(=O)N2CCOCC2)c1. The van der Waals surface area contributed by atoms with Crippen molar-refractivity contribution in [2.75, 3.05) is 31.6 Å². The van der Waals surface area contributed by atoms with Crippen LogP contribution in [0, 0.1) is 0 Å². The zero-order chi connectivity index (χ0) is 17.8. The van der Waals surface area contributed by atoms with Crippen molar-refractivity contribution in [1.82, 2.24) is 9.88 Å². The molecule has 1 aromatic carbocycles. The lowest BCUT2D eigenvalue weighted by molar-refractivity contribution is 0.0302. The minimum absolute atomic E-state index is 0.175. The number of benzene rings is 1. The van der Waals surface area contributed by atoms with E-state index in [2.05, 4.69) is 10.3 Å². The molecular formula is C17H15Cl2N3O3. The van der Waals surface area contributed by atoms with Gasteiger partial charge >= 0.3 is 0 Å². The van der Waals surface area contributed by atoms with E-state index >= 15 is 0 Å². The summed E-state index contributed by atoms with van der Waals surface area (Å²) in [7, 11) is 0. The summed E-state index contributed by atoms with van der Waals surface area (Å²) in [6, 6.07) is 6.29. The van der Waals surface area contributed by atoms with Crippen LogP contribution in [0.2, 0.25) is 10.0 Å². The molecule has 0 bridgehead atoms. The summed E-state index contributed by atoms with van der Waals surface area (Å²) in [6.07, 6.45) is 2.84. The Balaban J connectivity index is 1.77. The molecule has 8 heteroatoms. The number of anilines is 1. The van der Waals surface area contributed by atoms with E-state index in [1.807, 2.05) is 0 Å². The Bertz CT molecular complexity index is 807. The molecule has 1 fully saturated rings. The molecule has 1 saturated heterocycles. The van der Waals surface area contributed by atoms with E-state index in [4.69, 9.17) is 27.9 Å². The second kappa shape index (κ2) is 7.82. The summed E-state index contributed by atoms with van der Waals surface area (Å²) < 4.78 is 5.24. The summed E-state index contributed by atoms with van der Waals surface area (Å²) >= 11 is 12.0. The third kappa shape index (κ3) is 4.28. The van der Waals surface area contributed by atoms with E-state index in [-0.39, 0.29) is 11.5 Å². The van der Waals surface area contributed by atoms with E-state index in [0.29, 0.717) is 47.6 Å². The van der Waals surface area contributed by atoms with Gasteiger partial charge in [0.2, 0.25) is 0 Å². The van der Waals surface area contributed by atoms with E-state index in [0.717, 1.165) is 0 Å². The Morgan fingerprint density at radius 3 is 2.56 bits per heavy atom. The fourth-order valence-electron chi connectivity index (χ4n) is 2.42. The molecule has 0 radical (unpaired) electrons. The average Bonchev–Trinajstić information content (AvgIpc) is 2.65. The van der Waals surface area contributed by atoms with Crippen LogP contribution in [-0.4, -0.2) is 48.0 Å². The van der Waals surface area contributed by atoms with Gasteiger partial charge in [0.25, 0.3) is 11.8 Å². The first kappa shape index (κ1) is 17.7. The monoisotopic (exact) mass is 379 g/mol. The van der Waals surface area contributed by atoms with Crippen molar-refractivity contribution in [3.63, 3.8) is 0 Å². The maximum atomic E-state index is 12.5. The molecule has 2 heterocycles.